The van der Waals surface area contributed by atoms with E-state index in [-0.39, 0.29) is 34.1 Å². The SMILES string of the molecule is O=S(=O)(c1ccc(Nc2nc(-c3c(F)cccc3F)nc3c[nH]c(O)c23)cc1)C(F)(F)F. The number of sulfone groups is 1. The predicted octanol–water partition coefficient (Wildman–Crippen LogP) is 4.65. The third-order valence-corrected chi connectivity index (χ3v) is 5.94. The molecule has 166 valence electrons. The normalized spacial score (nSPS) is 12.3. The van der Waals surface area contributed by atoms with Crippen molar-refractivity contribution in [3.63, 3.8) is 0 Å². The third-order valence-electron chi connectivity index (χ3n) is 4.44. The molecule has 0 saturated carbocycles. The van der Waals surface area contributed by atoms with Crippen molar-refractivity contribution in [1.29, 1.82) is 0 Å². The first-order valence-corrected chi connectivity index (χ1v) is 10.2. The maximum absolute atomic E-state index is 14.2. The van der Waals surface area contributed by atoms with Gasteiger partial charge in [-0.25, -0.2) is 27.2 Å². The quantitative estimate of drug-likeness (QED) is 0.375. The van der Waals surface area contributed by atoms with Crippen molar-refractivity contribution in [2.24, 2.45) is 0 Å². The zero-order valence-electron chi connectivity index (χ0n) is 15.6. The standard InChI is InChI=1S/C19H11F5N4O3S/c20-11-2-1-3-12(21)14(11)16-27-13-8-25-18(29)15(13)17(28-16)26-9-4-6-10(7-5-9)32(30,31)19(22,23)24/h1-8,25,29H,(H,26,27,28). The molecule has 0 fully saturated rings. The summed E-state index contributed by atoms with van der Waals surface area (Å²) < 4.78 is 89.5. The van der Waals surface area contributed by atoms with Gasteiger partial charge in [-0.05, 0) is 36.4 Å². The average molecular weight is 470 g/mol. The number of H-pyrrole nitrogens is 1. The van der Waals surface area contributed by atoms with E-state index in [1.54, 1.807) is 0 Å². The van der Waals surface area contributed by atoms with E-state index in [2.05, 4.69) is 20.3 Å². The van der Waals surface area contributed by atoms with Gasteiger partial charge < -0.3 is 15.4 Å². The molecule has 13 heteroatoms. The van der Waals surface area contributed by atoms with Gasteiger partial charge in [0.25, 0.3) is 9.84 Å². The van der Waals surface area contributed by atoms with Gasteiger partial charge >= 0.3 is 5.51 Å². The van der Waals surface area contributed by atoms with Crippen LogP contribution in [0.4, 0.5) is 33.5 Å². The molecule has 4 rings (SSSR count). The van der Waals surface area contributed by atoms with Gasteiger partial charge in [0.05, 0.1) is 16.0 Å². The van der Waals surface area contributed by atoms with Gasteiger partial charge in [-0.3, -0.25) is 0 Å². The molecule has 2 aromatic heterocycles. The van der Waals surface area contributed by atoms with E-state index >= 15 is 0 Å². The van der Waals surface area contributed by atoms with Crippen molar-refractivity contribution in [3.05, 3.63) is 60.3 Å². The summed E-state index contributed by atoms with van der Waals surface area (Å²) in [6.07, 6.45) is 1.26. The van der Waals surface area contributed by atoms with Crippen LogP contribution in [0.15, 0.2) is 53.6 Å². The maximum Gasteiger partial charge on any atom is 0.501 e. The first-order chi connectivity index (χ1) is 15.0. The van der Waals surface area contributed by atoms with E-state index in [9.17, 15) is 35.5 Å². The number of alkyl halides is 3. The zero-order valence-corrected chi connectivity index (χ0v) is 16.4. The lowest BCUT2D eigenvalue weighted by Crippen LogP contribution is -2.23. The molecule has 0 atom stereocenters. The Kier molecular flexibility index (Phi) is 5.00. The van der Waals surface area contributed by atoms with E-state index in [0.29, 0.717) is 0 Å². The van der Waals surface area contributed by atoms with E-state index in [0.717, 1.165) is 42.5 Å². The lowest BCUT2D eigenvalue weighted by atomic mass is 10.1. The number of aromatic amines is 1. The molecule has 32 heavy (non-hydrogen) atoms. The minimum Gasteiger partial charge on any atom is -0.494 e. The molecule has 0 aliphatic heterocycles. The topological polar surface area (TPSA) is 108 Å². The van der Waals surface area contributed by atoms with Crippen LogP contribution in [0.1, 0.15) is 0 Å². The van der Waals surface area contributed by atoms with Crippen LogP contribution < -0.4 is 5.32 Å². The second-order valence-corrected chi connectivity index (χ2v) is 8.43. The van der Waals surface area contributed by atoms with E-state index in [1.807, 2.05) is 0 Å². The van der Waals surface area contributed by atoms with Crippen LogP contribution >= 0.6 is 0 Å². The lowest BCUT2D eigenvalue weighted by Gasteiger charge is -2.12. The smallest absolute Gasteiger partial charge is 0.494 e. The second kappa shape index (κ2) is 7.44. The fourth-order valence-corrected chi connectivity index (χ4v) is 3.69. The summed E-state index contributed by atoms with van der Waals surface area (Å²) in [5.74, 6) is -2.73. The number of anilines is 2. The number of aromatic nitrogens is 3. The minimum atomic E-state index is -5.53. The fraction of sp³-hybridized carbons (Fsp3) is 0.0526. The lowest BCUT2D eigenvalue weighted by molar-refractivity contribution is -0.0436. The molecule has 0 unspecified atom stereocenters. The van der Waals surface area contributed by atoms with Crippen LogP contribution in [0.3, 0.4) is 0 Å². The predicted molar refractivity (Wildman–Crippen MR) is 104 cm³/mol. The van der Waals surface area contributed by atoms with Gasteiger partial charge in [0, 0.05) is 11.9 Å². The molecule has 4 aromatic rings. The molecule has 0 radical (unpaired) electrons. The number of rotatable bonds is 4. The van der Waals surface area contributed by atoms with Crippen LogP contribution in [0, 0.1) is 11.6 Å². The molecule has 0 spiro atoms. The van der Waals surface area contributed by atoms with Crippen molar-refractivity contribution in [2.75, 3.05) is 5.32 Å². The average Bonchev–Trinajstić information content (AvgIpc) is 3.08. The molecule has 0 aliphatic carbocycles. The Morgan fingerprint density at radius 1 is 0.969 bits per heavy atom. The highest BCUT2D eigenvalue weighted by molar-refractivity contribution is 7.92. The highest BCUT2D eigenvalue weighted by Gasteiger charge is 2.46. The minimum absolute atomic E-state index is 0.0393. The third kappa shape index (κ3) is 3.60. The molecular weight excluding hydrogens is 459 g/mol. The molecule has 0 saturated heterocycles. The number of fused-ring (bicyclic) bond motifs is 1. The number of aromatic hydroxyl groups is 1. The van der Waals surface area contributed by atoms with Crippen molar-refractivity contribution in [2.45, 2.75) is 10.4 Å². The molecule has 0 aliphatic rings. The molecule has 0 bridgehead atoms. The summed E-state index contributed by atoms with van der Waals surface area (Å²) in [5.41, 5.74) is -5.80. The summed E-state index contributed by atoms with van der Waals surface area (Å²) in [6, 6.07) is 6.72. The number of nitrogens with one attached hydrogen (secondary N) is 2. The zero-order chi connectivity index (χ0) is 23.3. The van der Waals surface area contributed by atoms with E-state index in [1.165, 1.54) is 6.20 Å². The maximum atomic E-state index is 14.2. The summed E-state index contributed by atoms with van der Waals surface area (Å²) in [6.45, 7) is 0. The highest BCUT2D eigenvalue weighted by atomic mass is 32.2. The van der Waals surface area contributed by atoms with Gasteiger partial charge in [0.1, 0.15) is 22.8 Å². The Hall–Kier alpha value is -3.74. The summed E-state index contributed by atoms with van der Waals surface area (Å²) in [7, 11) is -5.53. The molecular formula is C19H11F5N4O3S. The van der Waals surface area contributed by atoms with Crippen LogP contribution in [-0.4, -0.2) is 34.0 Å². The number of hydrogen-bond donors (Lipinski definition) is 3. The fourth-order valence-electron chi connectivity index (χ4n) is 2.93. The molecule has 3 N–H and O–H groups in total. The number of halogens is 5. The van der Waals surface area contributed by atoms with Gasteiger partial charge in [-0.15, -0.1) is 0 Å². The first kappa shape index (κ1) is 21.5. The largest absolute Gasteiger partial charge is 0.501 e. The van der Waals surface area contributed by atoms with Gasteiger partial charge in [0.15, 0.2) is 5.82 Å². The molecule has 0 amide bonds. The number of hydrogen-bond acceptors (Lipinski definition) is 6. The number of nitrogens with zero attached hydrogens (tertiary/aromatic N) is 2. The molecule has 7 nitrogen and oxygen atoms in total. The second-order valence-electron chi connectivity index (χ2n) is 6.49. The van der Waals surface area contributed by atoms with Crippen molar-refractivity contribution in [3.8, 4) is 17.3 Å². The Morgan fingerprint density at radius 2 is 1.59 bits per heavy atom. The first-order valence-electron chi connectivity index (χ1n) is 8.70. The monoisotopic (exact) mass is 470 g/mol. The summed E-state index contributed by atoms with van der Waals surface area (Å²) in [4.78, 5) is 9.60. The summed E-state index contributed by atoms with van der Waals surface area (Å²) in [5, 5.41) is 12.8. The van der Waals surface area contributed by atoms with Crippen molar-refractivity contribution >= 4 is 32.2 Å². The Morgan fingerprint density at radius 3 is 2.19 bits per heavy atom. The van der Waals surface area contributed by atoms with Crippen molar-refractivity contribution in [1.82, 2.24) is 15.0 Å². The molecule has 2 heterocycles. The van der Waals surface area contributed by atoms with Crippen LogP contribution in [0.5, 0.6) is 5.88 Å². The number of benzene rings is 2. The van der Waals surface area contributed by atoms with Gasteiger partial charge in [-0.2, -0.15) is 13.2 Å². The highest BCUT2D eigenvalue weighted by Crippen LogP contribution is 2.35. The Bertz CT molecular complexity index is 1410. The van der Waals surface area contributed by atoms with Crippen LogP contribution in [-0.2, 0) is 9.84 Å². The van der Waals surface area contributed by atoms with Crippen molar-refractivity contribution < 1.29 is 35.5 Å². The Balaban J connectivity index is 1.79. The van der Waals surface area contributed by atoms with Gasteiger partial charge in [-0.1, -0.05) is 6.07 Å². The summed E-state index contributed by atoms with van der Waals surface area (Å²) >= 11 is 0. The van der Waals surface area contributed by atoms with Crippen LogP contribution in [0.2, 0.25) is 0 Å². The molecule has 2 aromatic carbocycles. The van der Waals surface area contributed by atoms with E-state index in [4.69, 9.17) is 0 Å². The van der Waals surface area contributed by atoms with Gasteiger partial charge in [0.2, 0.25) is 5.88 Å². The van der Waals surface area contributed by atoms with E-state index < -0.39 is 37.4 Å². The Labute approximate surface area is 176 Å². The van der Waals surface area contributed by atoms with Crippen LogP contribution in [0.25, 0.3) is 22.3 Å².